The lowest BCUT2D eigenvalue weighted by Gasteiger charge is -2.32. The number of methoxy groups -OCH3 is 1. The highest BCUT2D eigenvalue weighted by Crippen LogP contribution is 2.55. The quantitative estimate of drug-likeness (QED) is 0.646. The lowest BCUT2D eigenvalue weighted by molar-refractivity contribution is -0.272. The summed E-state index contributed by atoms with van der Waals surface area (Å²) >= 11 is 0. The van der Waals surface area contributed by atoms with Crippen LogP contribution in [-0.4, -0.2) is 41.8 Å². The standard InChI is InChI=1S/C21H20F5N3O4/c1-9-14(11-4-5-12(22)15(23)16(11)32-3)17(33-20(9,2)21(24,25)26)19(31)29-10-6-7-28-13(8-10)18(27)30/h4-9,14,17H,1-3H3,(H2,27,30)(H,28,29,31)/t9-,14-,17+,20+/m1/s1/i7D. The zero-order chi connectivity index (χ0) is 25.6. The van der Waals surface area contributed by atoms with Crippen LogP contribution < -0.4 is 15.8 Å². The molecule has 2 aromatic rings. The highest BCUT2D eigenvalue weighted by Gasteiger charge is 2.65. The van der Waals surface area contributed by atoms with Gasteiger partial charge in [0.1, 0.15) is 11.8 Å². The third-order valence-electron chi connectivity index (χ3n) is 5.79. The number of primary amides is 1. The maximum atomic E-state index is 14.4. The molecule has 0 radical (unpaired) electrons. The molecular weight excluding hydrogens is 453 g/mol. The molecule has 0 bridgehead atoms. The van der Waals surface area contributed by atoms with Crippen LogP contribution in [0.15, 0.2) is 30.4 Å². The van der Waals surface area contributed by atoms with E-state index in [0.717, 1.165) is 32.2 Å². The number of alkyl halides is 3. The highest BCUT2D eigenvalue weighted by molar-refractivity contribution is 5.97. The van der Waals surface area contributed by atoms with Gasteiger partial charge in [-0.2, -0.15) is 17.6 Å². The van der Waals surface area contributed by atoms with Crippen LogP contribution in [0.5, 0.6) is 5.75 Å². The summed E-state index contributed by atoms with van der Waals surface area (Å²) in [7, 11) is 1.01. The Bertz CT molecular complexity index is 1150. The molecule has 7 nitrogen and oxygen atoms in total. The molecule has 33 heavy (non-hydrogen) atoms. The first-order chi connectivity index (χ1) is 15.7. The largest absolute Gasteiger partial charge is 0.493 e. The fourth-order valence-corrected chi connectivity index (χ4v) is 3.84. The van der Waals surface area contributed by atoms with E-state index in [0.29, 0.717) is 6.07 Å². The summed E-state index contributed by atoms with van der Waals surface area (Å²) in [6, 6.07) is 3.82. The molecule has 1 aliphatic heterocycles. The zero-order valence-corrected chi connectivity index (χ0v) is 17.6. The van der Waals surface area contributed by atoms with Crippen LogP contribution in [0, 0.1) is 17.6 Å². The maximum absolute atomic E-state index is 14.4. The number of amides is 2. The monoisotopic (exact) mass is 474 g/mol. The van der Waals surface area contributed by atoms with Crippen molar-refractivity contribution in [3.8, 4) is 5.75 Å². The number of aromatic nitrogens is 1. The molecule has 0 aliphatic carbocycles. The van der Waals surface area contributed by atoms with E-state index >= 15 is 0 Å². The molecule has 3 rings (SSSR count). The number of halogens is 5. The van der Waals surface area contributed by atoms with Crippen molar-refractivity contribution in [2.45, 2.75) is 37.6 Å². The second-order valence-electron chi connectivity index (χ2n) is 7.67. The number of carbonyl (C=O) groups excluding carboxylic acids is 2. The van der Waals surface area contributed by atoms with Crippen LogP contribution in [-0.2, 0) is 9.53 Å². The van der Waals surface area contributed by atoms with Gasteiger partial charge in [-0.25, -0.2) is 4.39 Å². The Morgan fingerprint density at radius 3 is 2.55 bits per heavy atom. The number of hydrogen-bond donors (Lipinski definition) is 2. The number of nitrogens with two attached hydrogens (primary N) is 1. The van der Waals surface area contributed by atoms with Crippen molar-refractivity contribution in [2.75, 3.05) is 12.4 Å². The fraction of sp³-hybridized carbons (Fsp3) is 0.381. The minimum atomic E-state index is -4.92. The predicted octanol–water partition coefficient (Wildman–Crippen LogP) is 3.55. The molecular formula is C21H20F5N3O4. The molecule has 178 valence electrons. The Morgan fingerprint density at radius 2 is 1.97 bits per heavy atom. The van der Waals surface area contributed by atoms with Crippen LogP contribution in [0.25, 0.3) is 0 Å². The van der Waals surface area contributed by atoms with Crippen molar-refractivity contribution in [3.05, 3.63) is 53.3 Å². The molecule has 1 aromatic heterocycles. The Kier molecular flexibility index (Phi) is 5.95. The molecule has 1 aliphatic rings. The van der Waals surface area contributed by atoms with Crippen molar-refractivity contribution in [3.63, 3.8) is 0 Å². The number of hydrogen-bond acceptors (Lipinski definition) is 5. The second-order valence-corrected chi connectivity index (χ2v) is 7.67. The Labute approximate surface area is 186 Å². The minimum Gasteiger partial charge on any atom is -0.493 e. The van der Waals surface area contributed by atoms with Gasteiger partial charge in [0, 0.05) is 29.3 Å². The van der Waals surface area contributed by atoms with Crippen molar-refractivity contribution in [1.82, 2.24) is 4.98 Å². The van der Waals surface area contributed by atoms with E-state index in [9.17, 15) is 31.5 Å². The van der Waals surface area contributed by atoms with Gasteiger partial charge < -0.3 is 20.5 Å². The van der Waals surface area contributed by atoms with Crippen LogP contribution in [0.1, 0.15) is 37.2 Å². The number of rotatable bonds is 5. The molecule has 3 N–H and O–H groups in total. The van der Waals surface area contributed by atoms with Crippen LogP contribution in [0.3, 0.4) is 0 Å². The smallest absolute Gasteiger partial charge is 0.417 e. The molecule has 2 heterocycles. The summed E-state index contributed by atoms with van der Waals surface area (Å²) in [6.45, 7) is 1.93. The molecule has 0 unspecified atom stereocenters. The number of pyridine rings is 1. The van der Waals surface area contributed by atoms with E-state index < -0.39 is 65.1 Å². The first-order valence-electron chi connectivity index (χ1n) is 10.1. The molecule has 12 heteroatoms. The highest BCUT2D eigenvalue weighted by atomic mass is 19.4. The number of anilines is 1. The minimum absolute atomic E-state index is 0.147. The van der Waals surface area contributed by atoms with E-state index in [-0.39, 0.29) is 16.9 Å². The van der Waals surface area contributed by atoms with Crippen LogP contribution >= 0.6 is 0 Å². The average molecular weight is 474 g/mol. The van der Waals surface area contributed by atoms with E-state index in [4.69, 9.17) is 16.6 Å². The summed E-state index contributed by atoms with van der Waals surface area (Å²) in [5.74, 6) is -8.30. The van der Waals surface area contributed by atoms with Crippen molar-refractivity contribution >= 4 is 17.5 Å². The Balaban J connectivity index is 2.09. The molecule has 1 fully saturated rings. The zero-order valence-electron chi connectivity index (χ0n) is 18.6. The summed E-state index contributed by atoms with van der Waals surface area (Å²) in [5.41, 5.74) is 1.60. The van der Waals surface area contributed by atoms with Gasteiger partial charge in [0.25, 0.3) is 11.8 Å². The number of benzene rings is 1. The normalized spacial score (nSPS) is 25.5. The van der Waals surface area contributed by atoms with E-state index in [1.165, 1.54) is 6.92 Å². The van der Waals surface area contributed by atoms with Crippen LogP contribution in [0.4, 0.5) is 27.6 Å². The summed E-state index contributed by atoms with van der Waals surface area (Å²) in [6.07, 6.45) is -7.19. The molecule has 0 spiro atoms. The number of carbonyl (C=O) groups is 2. The first kappa shape index (κ1) is 22.9. The van der Waals surface area contributed by atoms with Crippen LogP contribution in [0.2, 0.25) is 0 Å². The van der Waals surface area contributed by atoms with Gasteiger partial charge in [0.2, 0.25) is 5.82 Å². The van der Waals surface area contributed by atoms with Gasteiger partial charge in [-0.05, 0) is 25.1 Å². The van der Waals surface area contributed by atoms with E-state index in [1.54, 1.807) is 0 Å². The van der Waals surface area contributed by atoms with Gasteiger partial charge in [-0.15, -0.1) is 0 Å². The average Bonchev–Trinajstić information content (AvgIpc) is 3.01. The van der Waals surface area contributed by atoms with Gasteiger partial charge in [-0.3, -0.25) is 14.6 Å². The third-order valence-corrected chi connectivity index (χ3v) is 5.79. The molecule has 0 saturated carbocycles. The van der Waals surface area contributed by atoms with Crippen molar-refractivity contribution in [2.24, 2.45) is 11.7 Å². The number of nitrogens with one attached hydrogen (secondary N) is 1. The topological polar surface area (TPSA) is 104 Å². The number of ether oxygens (including phenoxy) is 2. The van der Waals surface area contributed by atoms with Crippen molar-refractivity contribution < 1.29 is 42.4 Å². The van der Waals surface area contributed by atoms with Gasteiger partial charge in [-0.1, -0.05) is 13.0 Å². The SMILES string of the molecule is [2H]c1cc(NC(=O)[C@H]2O[C@](C)(C(F)(F)F)[C@H](C)[C@@H]2c2ccc(F)c(F)c2OC)cc(C(N)=O)n1. The molecule has 1 aromatic carbocycles. The van der Waals surface area contributed by atoms with E-state index in [2.05, 4.69) is 10.3 Å². The van der Waals surface area contributed by atoms with Gasteiger partial charge >= 0.3 is 6.18 Å². The fourth-order valence-electron chi connectivity index (χ4n) is 3.84. The lowest BCUT2D eigenvalue weighted by Crippen LogP contribution is -2.47. The molecule has 2 amide bonds. The maximum Gasteiger partial charge on any atom is 0.417 e. The predicted molar refractivity (Wildman–Crippen MR) is 106 cm³/mol. The summed E-state index contributed by atoms with van der Waals surface area (Å²) in [5, 5.41) is 2.29. The molecule has 4 atom stereocenters. The number of nitrogens with zero attached hydrogens (tertiary/aromatic N) is 1. The van der Waals surface area contributed by atoms with Crippen molar-refractivity contribution in [1.29, 1.82) is 0 Å². The lowest BCUT2D eigenvalue weighted by atomic mass is 9.77. The van der Waals surface area contributed by atoms with Gasteiger partial charge in [0.15, 0.2) is 17.2 Å². The Morgan fingerprint density at radius 1 is 1.30 bits per heavy atom. The summed E-state index contributed by atoms with van der Waals surface area (Å²) < 4.78 is 87.8. The summed E-state index contributed by atoms with van der Waals surface area (Å²) in [4.78, 5) is 28.1. The van der Waals surface area contributed by atoms with E-state index in [1.807, 2.05) is 0 Å². The first-order valence-corrected chi connectivity index (χ1v) is 9.57. The third kappa shape index (κ3) is 4.22. The second kappa shape index (κ2) is 8.58. The molecule has 1 saturated heterocycles. The Hall–Kier alpha value is -3.28. The van der Waals surface area contributed by atoms with Gasteiger partial charge in [0.05, 0.1) is 8.48 Å².